The third-order valence-electron chi connectivity index (χ3n) is 2.36. The molecule has 1 aromatic carbocycles. The molecule has 19 heavy (non-hydrogen) atoms. The van der Waals surface area contributed by atoms with Crippen molar-refractivity contribution < 1.29 is 22.0 Å². The molecule has 0 aromatic heterocycles. The predicted molar refractivity (Wildman–Crippen MR) is 67.7 cm³/mol. The van der Waals surface area contributed by atoms with Gasteiger partial charge in [-0.3, -0.25) is 4.79 Å². The fourth-order valence-electron chi connectivity index (χ4n) is 1.15. The number of hydrogen-bond donors (Lipinski definition) is 1. The highest BCUT2D eigenvalue weighted by atomic mass is 32.2. The second-order valence-corrected chi connectivity index (χ2v) is 6.95. The smallest absolute Gasteiger partial charge is 0.326 e. The number of anilines is 1. The first kappa shape index (κ1) is 15.6. The second-order valence-electron chi connectivity index (χ2n) is 5.03. The van der Waals surface area contributed by atoms with E-state index in [4.69, 9.17) is 0 Å². The molecule has 1 rings (SSSR count). The number of alkyl halides is 2. The maximum absolute atomic E-state index is 12.3. The third kappa shape index (κ3) is 3.73. The molecule has 7 heteroatoms. The Morgan fingerprint density at radius 1 is 1.16 bits per heavy atom. The van der Waals surface area contributed by atoms with Crippen molar-refractivity contribution >= 4 is 21.4 Å². The number of hydrogen-bond acceptors (Lipinski definition) is 3. The summed E-state index contributed by atoms with van der Waals surface area (Å²) in [5.41, 5.74) is -0.249. The van der Waals surface area contributed by atoms with Crippen LogP contribution in [-0.2, 0) is 14.6 Å². The summed E-state index contributed by atoms with van der Waals surface area (Å²) in [5.74, 6) is -3.71. The minimum absolute atomic E-state index is 0.253. The van der Waals surface area contributed by atoms with Crippen LogP contribution in [0.1, 0.15) is 20.8 Å². The Kier molecular flexibility index (Phi) is 4.29. The molecule has 0 saturated heterocycles. The summed E-state index contributed by atoms with van der Waals surface area (Å²) in [6, 6.07) is 4.64. The van der Waals surface area contributed by atoms with Crippen molar-refractivity contribution in [1.29, 1.82) is 0 Å². The molecule has 0 radical (unpaired) electrons. The molecule has 0 unspecified atom stereocenters. The average Bonchev–Trinajstić information content (AvgIpc) is 2.28. The summed E-state index contributed by atoms with van der Waals surface area (Å²) in [4.78, 5) is 11.2. The van der Waals surface area contributed by atoms with Crippen molar-refractivity contribution in [1.82, 2.24) is 0 Å². The first-order valence-electron chi connectivity index (χ1n) is 5.49. The Balaban J connectivity index is 2.93. The van der Waals surface area contributed by atoms with Crippen LogP contribution in [0.3, 0.4) is 0 Å². The number of amides is 1. The number of nitrogens with one attached hydrogen (secondary N) is 1. The lowest BCUT2D eigenvalue weighted by molar-refractivity contribution is -0.123. The van der Waals surface area contributed by atoms with Crippen molar-refractivity contribution in [2.75, 3.05) is 5.32 Å². The SMILES string of the molecule is CC(C)(C)C(=O)Nc1ccc(S(=O)(=O)C(F)F)cc1. The average molecular weight is 291 g/mol. The predicted octanol–water partition coefficient (Wildman–Crippen LogP) is 2.67. The summed E-state index contributed by atoms with van der Waals surface area (Å²) in [5, 5.41) is 2.57. The number of halogens is 2. The van der Waals surface area contributed by atoms with Crippen molar-refractivity contribution in [3.63, 3.8) is 0 Å². The van der Waals surface area contributed by atoms with Gasteiger partial charge in [-0.25, -0.2) is 8.42 Å². The van der Waals surface area contributed by atoms with Gasteiger partial charge in [0.1, 0.15) is 0 Å². The zero-order chi connectivity index (χ0) is 14.8. The maximum atomic E-state index is 12.3. The van der Waals surface area contributed by atoms with Crippen LogP contribution in [0, 0.1) is 5.41 Å². The molecule has 0 heterocycles. The zero-order valence-corrected chi connectivity index (χ0v) is 11.6. The molecule has 1 aromatic rings. The molecule has 4 nitrogen and oxygen atoms in total. The molecule has 1 amide bonds. The molecule has 0 saturated carbocycles. The van der Waals surface area contributed by atoms with Crippen LogP contribution in [0.4, 0.5) is 14.5 Å². The lowest BCUT2D eigenvalue weighted by atomic mass is 9.95. The summed E-state index contributed by atoms with van der Waals surface area (Å²) in [6.07, 6.45) is 0. The van der Waals surface area contributed by atoms with E-state index in [2.05, 4.69) is 5.32 Å². The third-order valence-corrected chi connectivity index (χ3v) is 3.75. The van der Waals surface area contributed by atoms with Crippen LogP contribution in [0.2, 0.25) is 0 Å². The molecular formula is C12H15F2NO3S. The van der Waals surface area contributed by atoms with Gasteiger partial charge in [-0.15, -0.1) is 0 Å². The minimum atomic E-state index is -4.60. The second kappa shape index (κ2) is 5.24. The zero-order valence-electron chi connectivity index (χ0n) is 10.8. The van der Waals surface area contributed by atoms with E-state index in [1.165, 1.54) is 12.1 Å². The monoisotopic (exact) mass is 291 g/mol. The van der Waals surface area contributed by atoms with Gasteiger partial charge >= 0.3 is 5.76 Å². The Morgan fingerprint density at radius 2 is 1.63 bits per heavy atom. The van der Waals surface area contributed by atoms with E-state index < -0.39 is 25.9 Å². The van der Waals surface area contributed by atoms with Gasteiger partial charge in [0.25, 0.3) is 0 Å². The van der Waals surface area contributed by atoms with E-state index in [9.17, 15) is 22.0 Å². The molecule has 106 valence electrons. The highest BCUT2D eigenvalue weighted by molar-refractivity contribution is 7.91. The summed E-state index contributed by atoms with van der Waals surface area (Å²) in [6.45, 7) is 5.16. The van der Waals surface area contributed by atoms with Crippen molar-refractivity contribution in [2.45, 2.75) is 31.4 Å². The molecule has 0 fully saturated rings. The van der Waals surface area contributed by atoms with Crippen molar-refractivity contribution in [3.05, 3.63) is 24.3 Å². The number of carbonyl (C=O) groups is 1. The van der Waals surface area contributed by atoms with Gasteiger partial charge in [-0.1, -0.05) is 20.8 Å². The summed E-state index contributed by atoms with van der Waals surface area (Å²) < 4.78 is 47.0. The number of sulfone groups is 1. The molecule has 0 aliphatic rings. The summed E-state index contributed by atoms with van der Waals surface area (Å²) >= 11 is 0. The van der Waals surface area contributed by atoms with Gasteiger partial charge in [0.15, 0.2) is 0 Å². The van der Waals surface area contributed by atoms with Crippen LogP contribution in [0.15, 0.2) is 29.2 Å². The van der Waals surface area contributed by atoms with Crippen LogP contribution < -0.4 is 5.32 Å². The van der Waals surface area contributed by atoms with Crippen LogP contribution in [0.5, 0.6) is 0 Å². The molecular weight excluding hydrogens is 276 g/mol. The van der Waals surface area contributed by atoms with Gasteiger partial charge in [-0.2, -0.15) is 8.78 Å². The van der Waals surface area contributed by atoms with E-state index in [0.29, 0.717) is 5.69 Å². The Hall–Kier alpha value is -1.50. The van der Waals surface area contributed by atoms with Crippen LogP contribution in [-0.4, -0.2) is 20.1 Å². The fourth-order valence-corrected chi connectivity index (χ4v) is 1.87. The lowest BCUT2D eigenvalue weighted by Gasteiger charge is -2.17. The highest BCUT2D eigenvalue weighted by Gasteiger charge is 2.26. The van der Waals surface area contributed by atoms with Crippen molar-refractivity contribution in [2.24, 2.45) is 5.41 Å². The molecule has 0 aliphatic heterocycles. The van der Waals surface area contributed by atoms with E-state index in [1.807, 2.05) is 0 Å². The maximum Gasteiger partial charge on any atom is 0.341 e. The van der Waals surface area contributed by atoms with Gasteiger partial charge in [0.05, 0.1) is 4.90 Å². The molecule has 0 bridgehead atoms. The molecule has 0 aliphatic carbocycles. The number of carbonyl (C=O) groups excluding carboxylic acids is 1. The normalized spacial score (nSPS) is 12.5. The standard InChI is InChI=1S/C12H15F2NO3S/c1-12(2,3)10(16)15-8-4-6-9(7-5-8)19(17,18)11(13)14/h4-7,11H,1-3H3,(H,15,16). The van der Waals surface area contributed by atoms with E-state index in [1.54, 1.807) is 20.8 Å². The molecule has 0 spiro atoms. The number of rotatable bonds is 3. The largest absolute Gasteiger partial charge is 0.341 e. The van der Waals surface area contributed by atoms with E-state index >= 15 is 0 Å². The number of benzene rings is 1. The quantitative estimate of drug-likeness (QED) is 0.931. The Bertz CT molecular complexity index is 560. The van der Waals surface area contributed by atoms with Gasteiger partial charge < -0.3 is 5.32 Å². The first-order valence-corrected chi connectivity index (χ1v) is 7.03. The molecule has 1 N–H and O–H groups in total. The van der Waals surface area contributed by atoms with Gasteiger partial charge in [0, 0.05) is 11.1 Å². The van der Waals surface area contributed by atoms with E-state index in [-0.39, 0.29) is 5.91 Å². The van der Waals surface area contributed by atoms with E-state index in [0.717, 1.165) is 12.1 Å². The minimum Gasteiger partial charge on any atom is -0.326 e. The Labute approximate surface area is 110 Å². The Morgan fingerprint density at radius 3 is 2.00 bits per heavy atom. The van der Waals surface area contributed by atoms with Gasteiger partial charge in [-0.05, 0) is 24.3 Å². The highest BCUT2D eigenvalue weighted by Crippen LogP contribution is 2.22. The topological polar surface area (TPSA) is 63.2 Å². The van der Waals surface area contributed by atoms with Crippen molar-refractivity contribution in [3.8, 4) is 0 Å². The molecule has 0 atom stereocenters. The summed E-state index contributed by atoms with van der Waals surface area (Å²) in [7, 11) is -4.60. The van der Waals surface area contributed by atoms with Crippen LogP contribution in [0.25, 0.3) is 0 Å². The van der Waals surface area contributed by atoms with Crippen LogP contribution >= 0.6 is 0 Å². The van der Waals surface area contributed by atoms with Gasteiger partial charge in [0.2, 0.25) is 15.7 Å². The lowest BCUT2D eigenvalue weighted by Crippen LogP contribution is -2.27. The first-order chi connectivity index (χ1) is 8.55. The fraction of sp³-hybridized carbons (Fsp3) is 0.417.